The average Bonchev–Trinajstić information content (AvgIpc) is 1.85. The molecule has 0 aliphatic heterocycles. The fourth-order valence-electron chi connectivity index (χ4n) is 0.533. The van der Waals surface area contributed by atoms with E-state index in [4.69, 9.17) is 0 Å². The summed E-state index contributed by atoms with van der Waals surface area (Å²) in [6, 6.07) is 0. The first-order valence-corrected chi connectivity index (χ1v) is 4.19. The van der Waals surface area contributed by atoms with Crippen molar-refractivity contribution in [2.45, 2.75) is 20.8 Å². The predicted octanol–water partition coefficient (Wildman–Crippen LogP) is 4.10. The number of hydrogen-bond donors (Lipinski definition) is 0. The second kappa shape index (κ2) is 5.30. The van der Waals surface area contributed by atoms with Crippen LogP contribution in [0.15, 0.2) is 34.1 Å². The number of hydrogen-bond acceptors (Lipinski definition) is 0. The van der Waals surface area contributed by atoms with E-state index in [0.29, 0.717) is 0 Å². The molecule has 0 nitrogen and oxygen atoms in total. The molecule has 0 saturated heterocycles. The number of rotatable bonds is 2. The third kappa shape index (κ3) is 6.05. The van der Waals surface area contributed by atoms with Crippen molar-refractivity contribution in [2.24, 2.45) is 0 Å². The van der Waals surface area contributed by atoms with Crippen molar-refractivity contribution in [1.29, 1.82) is 0 Å². The van der Waals surface area contributed by atoms with Gasteiger partial charge in [0.05, 0.1) is 5.83 Å². The van der Waals surface area contributed by atoms with E-state index in [1.165, 1.54) is 13.0 Å². The van der Waals surface area contributed by atoms with Crippen LogP contribution < -0.4 is 0 Å². The molecule has 0 aromatic rings. The molecule has 11 heavy (non-hydrogen) atoms. The van der Waals surface area contributed by atoms with E-state index in [-0.39, 0.29) is 5.83 Å². The van der Waals surface area contributed by atoms with Crippen molar-refractivity contribution >= 4 is 15.9 Å². The van der Waals surface area contributed by atoms with Gasteiger partial charge in [0, 0.05) is 4.48 Å². The Morgan fingerprint density at radius 1 is 1.27 bits per heavy atom. The van der Waals surface area contributed by atoms with Gasteiger partial charge in [0.15, 0.2) is 0 Å². The molecule has 0 aromatic heterocycles. The molecule has 0 atom stereocenters. The normalized spacial score (nSPS) is 15.5. The maximum absolute atomic E-state index is 12.3. The van der Waals surface area contributed by atoms with Crippen LogP contribution in [-0.2, 0) is 0 Å². The maximum Gasteiger partial charge on any atom is 0.0979 e. The lowest BCUT2D eigenvalue weighted by atomic mass is 10.2. The monoisotopic (exact) mass is 218 g/mol. The Balaban J connectivity index is 4.36. The lowest BCUT2D eigenvalue weighted by molar-refractivity contribution is 0.640. The first kappa shape index (κ1) is 10.6. The van der Waals surface area contributed by atoms with Gasteiger partial charge in [0.2, 0.25) is 0 Å². The van der Waals surface area contributed by atoms with E-state index < -0.39 is 0 Å². The Morgan fingerprint density at radius 3 is 2.18 bits per heavy atom. The van der Waals surface area contributed by atoms with Crippen molar-refractivity contribution in [3.05, 3.63) is 34.1 Å². The molecule has 62 valence electrons. The molecular formula is C9H12BrF. The van der Waals surface area contributed by atoms with Crippen LogP contribution in [0.5, 0.6) is 0 Å². The van der Waals surface area contributed by atoms with Gasteiger partial charge >= 0.3 is 0 Å². The van der Waals surface area contributed by atoms with Gasteiger partial charge in [-0.15, -0.1) is 0 Å². The molecule has 0 radical (unpaired) electrons. The summed E-state index contributed by atoms with van der Waals surface area (Å²) in [5.41, 5.74) is 1.11. The van der Waals surface area contributed by atoms with Crippen LogP contribution in [-0.4, -0.2) is 0 Å². The highest BCUT2D eigenvalue weighted by molar-refractivity contribution is 9.11. The highest BCUT2D eigenvalue weighted by Crippen LogP contribution is 2.13. The molecule has 0 spiro atoms. The lowest BCUT2D eigenvalue weighted by Crippen LogP contribution is -1.69. The molecule has 0 N–H and O–H groups in total. The van der Waals surface area contributed by atoms with Gasteiger partial charge in [0.1, 0.15) is 0 Å². The van der Waals surface area contributed by atoms with Gasteiger partial charge < -0.3 is 0 Å². The van der Waals surface area contributed by atoms with E-state index in [1.54, 1.807) is 0 Å². The zero-order valence-electron chi connectivity index (χ0n) is 6.99. The molecule has 0 aromatic carbocycles. The van der Waals surface area contributed by atoms with Crippen LogP contribution in [0.25, 0.3) is 0 Å². The van der Waals surface area contributed by atoms with E-state index in [0.717, 1.165) is 10.1 Å². The minimum Gasteiger partial charge on any atom is -0.212 e. The third-order valence-electron chi connectivity index (χ3n) is 1.16. The third-order valence-corrected chi connectivity index (χ3v) is 1.62. The second-order valence-corrected chi connectivity index (χ2v) is 3.21. The van der Waals surface area contributed by atoms with Crippen LogP contribution in [0, 0.1) is 0 Å². The van der Waals surface area contributed by atoms with Crippen molar-refractivity contribution in [3.63, 3.8) is 0 Å². The molecular weight excluding hydrogens is 207 g/mol. The topological polar surface area (TPSA) is 0 Å². The molecule has 0 saturated carbocycles. The molecule has 0 aliphatic rings. The highest BCUT2D eigenvalue weighted by atomic mass is 79.9. The summed E-state index contributed by atoms with van der Waals surface area (Å²) in [7, 11) is 0. The summed E-state index contributed by atoms with van der Waals surface area (Å²) in [6.45, 7) is 5.32. The minimum absolute atomic E-state index is 0.197. The first-order chi connectivity index (χ1) is 5.06. The van der Waals surface area contributed by atoms with Crippen molar-refractivity contribution in [2.75, 3.05) is 0 Å². The Bertz CT molecular complexity index is 208. The molecule has 2 heteroatoms. The van der Waals surface area contributed by atoms with Crippen LogP contribution in [0.1, 0.15) is 20.8 Å². The van der Waals surface area contributed by atoms with Crippen LogP contribution in [0.4, 0.5) is 4.39 Å². The Kier molecular flexibility index (Phi) is 5.12. The van der Waals surface area contributed by atoms with Gasteiger partial charge in [-0.2, -0.15) is 0 Å². The van der Waals surface area contributed by atoms with E-state index in [2.05, 4.69) is 15.9 Å². The largest absolute Gasteiger partial charge is 0.212 e. The van der Waals surface area contributed by atoms with Gasteiger partial charge in [-0.1, -0.05) is 27.6 Å². The van der Waals surface area contributed by atoms with Gasteiger partial charge in [0.25, 0.3) is 0 Å². The van der Waals surface area contributed by atoms with Crippen molar-refractivity contribution < 1.29 is 4.39 Å². The zero-order chi connectivity index (χ0) is 8.85. The fraction of sp³-hybridized carbons (Fsp3) is 0.333. The summed E-state index contributed by atoms with van der Waals surface area (Å²) >= 11 is 3.22. The summed E-state index contributed by atoms with van der Waals surface area (Å²) in [5.74, 6) is -0.197. The zero-order valence-corrected chi connectivity index (χ0v) is 8.57. The minimum atomic E-state index is -0.197. The molecule has 0 fully saturated rings. The molecule has 0 heterocycles. The molecule has 0 bridgehead atoms. The van der Waals surface area contributed by atoms with Crippen LogP contribution >= 0.6 is 15.9 Å². The van der Waals surface area contributed by atoms with Gasteiger partial charge in [-0.3, -0.25) is 0 Å². The summed E-state index contributed by atoms with van der Waals surface area (Å²) in [5, 5.41) is 0. The maximum atomic E-state index is 12.3. The fourth-order valence-corrected chi connectivity index (χ4v) is 1.21. The predicted molar refractivity (Wildman–Crippen MR) is 51.3 cm³/mol. The van der Waals surface area contributed by atoms with E-state index in [9.17, 15) is 4.39 Å². The van der Waals surface area contributed by atoms with Crippen molar-refractivity contribution in [1.82, 2.24) is 0 Å². The molecule has 0 aliphatic carbocycles. The Hall–Kier alpha value is -0.370. The number of halogens is 2. The Morgan fingerprint density at radius 2 is 1.82 bits per heavy atom. The lowest BCUT2D eigenvalue weighted by Gasteiger charge is -1.91. The molecule has 0 unspecified atom stereocenters. The van der Waals surface area contributed by atoms with E-state index in [1.807, 2.05) is 26.0 Å². The SMILES string of the molecule is C\C=C(C)/C=C(Br)\C=C(/C)F. The average molecular weight is 219 g/mol. The summed E-state index contributed by atoms with van der Waals surface area (Å²) < 4.78 is 13.0. The van der Waals surface area contributed by atoms with Crippen LogP contribution in [0.3, 0.4) is 0 Å². The smallest absolute Gasteiger partial charge is 0.0979 e. The first-order valence-electron chi connectivity index (χ1n) is 3.40. The summed E-state index contributed by atoms with van der Waals surface area (Å²) in [6.07, 6.45) is 5.26. The second-order valence-electron chi connectivity index (χ2n) is 2.29. The summed E-state index contributed by atoms with van der Waals surface area (Å²) in [4.78, 5) is 0. The van der Waals surface area contributed by atoms with Crippen molar-refractivity contribution in [3.8, 4) is 0 Å². The van der Waals surface area contributed by atoms with Gasteiger partial charge in [-0.05, 0) is 32.9 Å². The molecule has 0 rings (SSSR count). The quantitative estimate of drug-likeness (QED) is 0.613. The Labute approximate surface area is 75.6 Å². The standard InChI is InChI=1S/C9H12BrF/c1-4-7(2)5-9(10)6-8(3)11/h4-6H,1-3H3/b7-4-,8-6+,9-5+. The van der Waals surface area contributed by atoms with Gasteiger partial charge in [-0.25, -0.2) is 4.39 Å². The highest BCUT2D eigenvalue weighted by Gasteiger charge is 1.88. The van der Waals surface area contributed by atoms with E-state index >= 15 is 0 Å². The number of allylic oxidation sites excluding steroid dienone is 6. The molecule has 0 amide bonds. The van der Waals surface area contributed by atoms with Crippen LogP contribution in [0.2, 0.25) is 0 Å².